The second-order valence-electron chi connectivity index (χ2n) is 4.24. The van der Waals surface area contributed by atoms with Crippen molar-refractivity contribution in [3.8, 4) is 5.88 Å². The van der Waals surface area contributed by atoms with E-state index in [1.54, 1.807) is 31.4 Å². The molecule has 0 radical (unpaired) electrons. The van der Waals surface area contributed by atoms with Gasteiger partial charge in [-0.15, -0.1) is 0 Å². The summed E-state index contributed by atoms with van der Waals surface area (Å²) in [6.45, 7) is 0.310. The Morgan fingerprint density at radius 1 is 1.35 bits per heavy atom. The van der Waals surface area contributed by atoms with E-state index in [2.05, 4.69) is 4.98 Å². The normalized spacial score (nSPS) is 10.9. The van der Waals surface area contributed by atoms with Gasteiger partial charge < -0.3 is 9.15 Å². The second kappa shape index (κ2) is 5.02. The van der Waals surface area contributed by atoms with E-state index >= 15 is 0 Å². The van der Waals surface area contributed by atoms with Crippen molar-refractivity contribution in [1.29, 1.82) is 0 Å². The van der Waals surface area contributed by atoms with Crippen molar-refractivity contribution in [3.63, 3.8) is 0 Å². The minimum absolute atomic E-state index is 0.310. The summed E-state index contributed by atoms with van der Waals surface area (Å²) in [6, 6.07) is 10.5. The number of benzene rings is 1. The Balaban J connectivity index is 2.06. The lowest BCUT2D eigenvalue weighted by atomic mass is 10.3. The fourth-order valence-electron chi connectivity index (χ4n) is 2.01. The topological polar surface area (TPSA) is 57.3 Å². The largest absolute Gasteiger partial charge is 0.481 e. The third-order valence-corrected chi connectivity index (χ3v) is 3.18. The summed E-state index contributed by atoms with van der Waals surface area (Å²) in [5.41, 5.74) is 1.86. The summed E-state index contributed by atoms with van der Waals surface area (Å²) < 4.78 is 11.7. The molecule has 0 spiro atoms. The Hall–Kier alpha value is -2.27. The van der Waals surface area contributed by atoms with Gasteiger partial charge in [0.25, 0.3) is 0 Å². The Bertz CT molecular complexity index is 823. The number of hydrogen-bond donors (Lipinski definition) is 0. The summed E-state index contributed by atoms with van der Waals surface area (Å²) >= 11 is 5.88. The first-order valence-electron chi connectivity index (χ1n) is 5.96. The van der Waals surface area contributed by atoms with Crippen LogP contribution in [0.4, 0.5) is 0 Å². The van der Waals surface area contributed by atoms with Crippen LogP contribution in [0, 0.1) is 0 Å². The van der Waals surface area contributed by atoms with E-state index in [1.807, 2.05) is 12.1 Å². The summed E-state index contributed by atoms with van der Waals surface area (Å²) in [6.07, 6.45) is 0. The molecule has 0 N–H and O–H groups in total. The molecule has 2 aromatic heterocycles. The average molecular weight is 291 g/mol. The first-order valence-corrected chi connectivity index (χ1v) is 6.34. The molecule has 1 aromatic carbocycles. The lowest BCUT2D eigenvalue weighted by molar-refractivity contribution is 0.395. The number of halogens is 1. The van der Waals surface area contributed by atoms with Gasteiger partial charge in [0, 0.05) is 17.2 Å². The highest BCUT2D eigenvalue weighted by atomic mass is 35.5. The molecule has 3 aromatic rings. The molecule has 0 unspecified atom stereocenters. The van der Waals surface area contributed by atoms with Crippen LogP contribution >= 0.6 is 11.6 Å². The highest BCUT2D eigenvalue weighted by Crippen LogP contribution is 2.19. The maximum atomic E-state index is 11.9. The maximum absolute atomic E-state index is 11.9. The van der Waals surface area contributed by atoms with Gasteiger partial charge in [-0.1, -0.05) is 17.7 Å². The third-order valence-electron chi connectivity index (χ3n) is 2.94. The minimum atomic E-state index is -0.438. The van der Waals surface area contributed by atoms with E-state index in [0.717, 1.165) is 0 Å². The number of fused-ring (bicyclic) bond motifs is 1. The van der Waals surface area contributed by atoms with Gasteiger partial charge in [-0.05, 0) is 18.2 Å². The Morgan fingerprint density at radius 3 is 3.00 bits per heavy atom. The first-order chi connectivity index (χ1) is 9.67. The van der Waals surface area contributed by atoms with Crippen molar-refractivity contribution >= 4 is 22.7 Å². The minimum Gasteiger partial charge on any atom is -0.481 e. The molecule has 0 amide bonds. The van der Waals surface area contributed by atoms with Crippen LogP contribution in [0.5, 0.6) is 5.88 Å². The summed E-state index contributed by atoms with van der Waals surface area (Å²) in [5.74, 6) is 0.0679. The molecule has 0 saturated heterocycles. The number of rotatable bonds is 3. The number of methoxy groups -OCH3 is 1. The number of aromatic nitrogens is 2. The van der Waals surface area contributed by atoms with Crippen molar-refractivity contribution in [2.45, 2.75) is 6.54 Å². The summed E-state index contributed by atoms with van der Waals surface area (Å²) in [4.78, 5) is 16.2. The molecule has 0 fully saturated rings. The Morgan fingerprint density at radius 2 is 2.20 bits per heavy atom. The van der Waals surface area contributed by atoms with Crippen LogP contribution in [0.25, 0.3) is 11.1 Å². The standard InChI is InChI=1S/C14H11ClN2O3/c1-19-13-4-2-3-10(16-13)8-17-11-6-5-9(15)7-12(11)20-14(17)18/h2-7H,8H2,1H3. The van der Waals surface area contributed by atoms with Crippen LogP contribution in [-0.4, -0.2) is 16.7 Å². The van der Waals surface area contributed by atoms with Gasteiger partial charge in [-0.2, -0.15) is 0 Å². The van der Waals surface area contributed by atoms with E-state index < -0.39 is 5.76 Å². The fraction of sp³-hybridized carbons (Fsp3) is 0.143. The molecule has 6 heteroatoms. The Kier molecular flexibility index (Phi) is 3.20. The second-order valence-corrected chi connectivity index (χ2v) is 4.67. The molecule has 0 aliphatic heterocycles. The van der Waals surface area contributed by atoms with Gasteiger partial charge in [0.15, 0.2) is 5.58 Å². The SMILES string of the molecule is COc1cccc(Cn2c(=O)oc3cc(Cl)ccc32)n1. The quantitative estimate of drug-likeness (QED) is 0.744. The summed E-state index contributed by atoms with van der Waals surface area (Å²) in [7, 11) is 1.55. The lowest BCUT2D eigenvalue weighted by Gasteiger charge is -2.04. The fourth-order valence-corrected chi connectivity index (χ4v) is 2.17. The molecule has 0 atom stereocenters. The van der Waals surface area contributed by atoms with Crippen molar-refractivity contribution in [2.75, 3.05) is 7.11 Å². The van der Waals surface area contributed by atoms with Crippen LogP contribution < -0.4 is 10.5 Å². The number of oxazole rings is 1. The molecule has 3 rings (SSSR count). The predicted molar refractivity (Wildman–Crippen MR) is 75.4 cm³/mol. The van der Waals surface area contributed by atoms with Crippen LogP contribution in [0.2, 0.25) is 5.02 Å². The van der Waals surface area contributed by atoms with Crippen molar-refractivity contribution < 1.29 is 9.15 Å². The van der Waals surface area contributed by atoms with Crippen molar-refractivity contribution in [3.05, 3.63) is 57.7 Å². The highest BCUT2D eigenvalue weighted by molar-refractivity contribution is 6.31. The molecule has 0 saturated carbocycles. The van der Waals surface area contributed by atoms with Crippen molar-refractivity contribution in [2.24, 2.45) is 0 Å². The van der Waals surface area contributed by atoms with Crippen LogP contribution in [0.1, 0.15) is 5.69 Å². The lowest BCUT2D eigenvalue weighted by Crippen LogP contribution is -2.15. The maximum Gasteiger partial charge on any atom is 0.420 e. The zero-order valence-corrected chi connectivity index (χ0v) is 11.4. The van der Waals surface area contributed by atoms with Gasteiger partial charge in [0.2, 0.25) is 5.88 Å². The van der Waals surface area contributed by atoms with E-state index in [0.29, 0.717) is 34.2 Å². The number of ether oxygens (including phenoxy) is 1. The van der Waals surface area contributed by atoms with E-state index in [4.69, 9.17) is 20.8 Å². The first kappa shape index (κ1) is 12.7. The number of pyridine rings is 1. The molecule has 0 bridgehead atoms. The molecular weight excluding hydrogens is 280 g/mol. The predicted octanol–water partition coefficient (Wildman–Crippen LogP) is 2.70. The monoisotopic (exact) mass is 290 g/mol. The smallest absolute Gasteiger partial charge is 0.420 e. The zero-order valence-electron chi connectivity index (χ0n) is 10.7. The molecule has 2 heterocycles. The molecular formula is C14H11ClN2O3. The third kappa shape index (κ3) is 2.28. The number of hydrogen-bond acceptors (Lipinski definition) is 4. The van der Waals surface area contributed by atoms with Gasteiger partial charge in [0.05, 0.1) is 24.9 Å². The van der Waals surface area contributed by atoms with Crippen LogP contribution in [0.15, 0.2) is 45.6 Å². The van der Waals surface area contributed by atoms with Gasteiger partial charge >= 0.3 is 5.76 Å². The van der Waals surface area contributed by atoms with Crippen molar-refractivity contribution in [1.82, 2.24) is 9.55 Å². The highest BCUT2D eigenvalue weighted by Gasteiger charge is 2.11. The van der Waals surface area contributed by atoms with Gasteiger partial charge in [-0.25, -0.2) is 9.78 Å². The van der Waals surface area contributed by atoms with Crippen LogP contribution in [-0.2, 0) is 6.54 Å². The van der Waals surface area contributed by atoms with Gasteiger partial charge in [-0.3, -0.25) is 4.57 Å². The molecule has 5 nitrogen and oxygen atoms in total. The van der Waals surface area contributed by atoms with E-state index in [9.17, 15) is 4.79 Å². The number of nitrogens with zero attached hydrogens (tertiary/aromatic N) is 2. The molecule has 0 aliphatic carbocycles. The molecule has 102 valence electrons. The van der Waals surface area contributed by atoms with E-state index in [-0.39, 0.29) is 0 Å². The Labute approximate surface area is 119 Å². The van der Waals surface area contributed by atoms with Gasteiger partial charge in [0.1, 0.15) is 0 Å². The molecule has 0 aliphatic rings. The summed E-state index contributed by atoms with van der Waals surface area (Å²) in [5, 5.41) is 0.526. The zero-order chi connectivity index (χ0) is 14.1. The van der Waals surface area contributed by atoms with E-state index in [1.165, 1.54) is 4.57 Å². The average Bonchev–Trinajstić information content (AvgIpc) is 2.74. The molecule has 20 heavy (non-hydrogen) atoms. The van der Waals surface area contributed by atoms with Crippen LogP contribution in [0.3, 0.4) is 0 Å².